The molecule has 0 amide bonds. The average Bonchev–Trinajstić information content (AvgIpc) is 3.58. The highest BCUT2D eigenvalue weighted by Crippen LogP contribution is 2.54. The van der Waals surface area contributed by atoms with Gasteiger partial charge in [-0.15, -0.1) is 0 Å². The maximum atomic E-state index is 6.03. The van der Waals surface area contributed by atoms with Crippen molar-refractivity contribution in [3.05, 3.63) is 46.5 Å². The molecule has 0 N–H and O–H groups in total. The summed E-state index contributed by atoms with van der Waals surface area (Å²) in [4.78, 5) is 5.37. The molecule has 1 atom stereocenters. The van der Waals surface area contributed by atoms with E-state index in [1.165, 1.54) is 72.2 Å². The molecule has 0 radical (unpaired) electrons. The van der Waals surface area contributed by atoms with Crippen LogP contribution in [0, 0.1) is 11.8 Å². The second kappa shape index (κ2) is 8.39. The lowest BCUT2D eigenvalue weighted by molar-refractivity contribution is 0.174. The maximum absolute atomic E-state index is 6.03. The molecule has 184 valence electrons. The Hall–Kier alpha value is -2.82. The SMILES string of the molecule is COc1ccc2c(c1N1CCC(C)CC1)C(C1CCCC1)N1CCc3cc4c(cc3C1=C2)OCO4. The predicted molar refractivity (Wildman–Crippen MR) is 139 cm³/mol. The van der Waals surface area contributed by atoms with Crippen molar-refractivity contribution in [1.29, 1.82) is 0 Å². The van der Waals surface area contributed by atoms with E-state index in [1.807, 2.05) is 7.11 Å². The first-order valence-electron chi connectivity index (χ1n) is 13.6. The third-order valence-electron chi connectivity index (χ3n) is 9.11. The van der Waals surface area contributed by atoms with Gasteiger partial charge < -0.3 is 24.0 Å². The van der Waals surface area contributed by atoms with Gasteiger partial charge in [0.15, 0.2) is 11.5 Å². The Labute approximate surface area is 208 Å². The average molecular weight is 473 g/mol. The highest BCUT2D eigenvalue weighted by molar-refractivity contribution is 5.89. The van der Waals surface area contributed by atoms with Crippen LogP contribution in [0.25, 0.3) is 11.8 Å². The zero-order chi connectivity index (χ0) is 23.5. The fourth-order valence-corrected chi connectivity index (χ4v) is 7.22. The summed E-state index contributed by atoms with van der Waals surface area (Å²) in [6.07, 6.45) is 11.3. The quantitative estimate of drug-likeness (QED) is 0.527. The minimum atomic E-state index is 0.326. The standard InChI is InChI=1S/C30H36N2O3/c1-19-9-12-31(13-10-19)30-25(33-2)8-7-22-15-24-23-17-27-26(34-18-35-27)16-21(23)11-14-32(24)29(28(22)30)20-5-3-4-6-20/h7-8,15-17,19-20,29H,3-6,9-14,18H2,1-2H3. The smallest absolute Gasteiger partial charge is 0.231 e. The van der Waals surface area contributed by atoms with Crippen molar-refractivity contribution < 1.29 is 14.2 Å². The lowest BCUT2D eigenvalue weighted by Gasteiger charge is -2.47. The van der Waals surface area contributed by atoms with Crippen LogP contribution in [-0.2, 0) is 6.42 Å². The van der Waals surface area contributed by atoms with Crippen LogP contribution in [0.4, 0.5) is 5.69 Å². The molecule has 4 aliphatic heterocycles. The molecular formula is C30H36N2O3. The molecule has 5 nitrogen and oxygen atoms in total. The van der Waals surface area contributed by atoms with Gasteiger partial charge in [-0.2, -0.15) is 0 Å². The fourth-order valence-electron chi connectivity index (χ4n) is 7.22. The first-order valence-corrected chi connectivity index (χ1v) is 13.6. The van der Waals surface area contributed by atoms with Crippen molar-refractivity contribution in [1.82, 2.24) is 4.90 Å². The summed E-state index contributed by atoms with van der Waals surface area (Å²) >= 11 is 0. The van der Waals surface area contributed by atoms with Crippen LogP contribution >= 0.6 is 0 Å². The first-order chi connectivity index (χ1) is 17.2. The van der Waals surface area contributed by atoms with Crippen molar-refractivity contribution in [2.75, 3.05) is 38.4 Å². The summed E-state index contributed by atoms with van der Waals surface area (Å²) in [5, 5.41) is 0. The van der Waals surface area contributed by atoms with Gasteiger partial charge in [0.05, 0.1) is 18.8 Å². The van der Waals surface area contributed by atoms with Gasteiger partial charge in [0.2, 0.25) is 6.79 Å². The minimum absolute atomic E-state index is 0.326. The number of hydrogen-bond donors (Lipinski definition) is 0. The number of fused-ring (bicyclic) bond motifs is 5. The third kappa shape index (κ3) is 3.41. The van der Waals surface area contributed by atoms with E-state index < -0.39 is 0 Å². The molecule has 1 saturated carbocycles. The van der Waals surface area contributed by atoms with Crippen LogP contribution in [0.5, 0.6) is 17.2 Å². The summed E-state index contributed by atoms with van der Waals surface area (Å²) in [7, 11) is 1.84. The molecule has 0 aromatic heterocycles. The molecule has 1 aliphatic carbocycles. The molecule has 2 aromatic rings. The van der Waals surface area contributed by atoms with Crippen LogP contribution in [0.3, 0.4) is 0 Å². The van der Waals surface area contributed by atoms with Crippen LogP contribution in [0.15, 0.2) is 24.3 Å². The summed E-state index contributed by atoms with van der Waals surface area (Å²) in [5.41, 5.74) is 8.30. The largest absolute Gasteiger partial charge is 0.495 e. The van der Waals surface area contributed by atoms with Gasteiger partial charge in [-0.3, -0.25) is 0 Å². The first kappa shape index (κ1) is 21.5. The minimum Gasteiger partial charge on any atom is -0.495 e. The zero-order valence-electron chi connectivity index (χ0n) is 21.0. The van der Waals surface area contributed by atoms with E-state index in [1.54, 1.807) is 0 Å². The Kier molecular flexibility index (Phi) is 5.14. The Morgan fingerprint density at radius 1 is 0.943 bits per heavy atom. The Bertz CT molecular complexity index is 1170. The molecule has 4 heterocycles. The van der Waals surface area contributed by atoms with Crippen molar-refractivity contribution in [3.8, 4) is 17.2 Å². The topological polar surface area (TPSA) is 34.2 Å². The molecule has 5 heteroatoms. The van der Waals surface area contributed by atoms with Gasteiger partial charge in [0.1, 0.15) is 5.75 Å². The van der Waals surface area contributed by atoms with Crippen molar-refractivity contribution in [3.63, 3.8) is 0 Å². The molecule has 0 bridgehead atoms. The van der Waals surface area contributed by atoms with Gasteiger partial charge in [-0.25, -0.2) is 0 Å². The molecule has 5 aliphatic rings. The van der Waals surface area contributed by atoms with Gasteiger partial charge in [0, 0.05) is 36.5 Å². The number of hydrogen-bond acceptors (Lipinski definition) is 5. The van der Waals surface area contributed by atoms with Crippen molar-refractivity contribution in [2.45, 2.75) is 57.9 Å². The second-order valence-corrected chi connectivity index (χ2v) is 11.1. The van der Waals surface area contributed by atoms with E-state index in [4.69, 9.17) is 14.2 Å². The normalized spacial score (nSPS) is 23.6. The van der Waals surface area contributed by atoms with E-state index in [9.17, 15) is 0 Å². The second-order valence-electron chi connectivity index (χ2n) is 11.1. The molecule has 0 spiro atoms. The van der Waals surface area contributed by atoms with E-state index in [-0.39, 0.29) is 0 Å². The van der Waals surface area contributed by atoms with E-state index in [0.29, 0.717) is 18.8 Å². The fraction of sp³-hybridized carbons (Fsp3) is 0.533. The monoisotopic (exact) mass is 472 g/mol. The molecule has 2 fully saturated rings. The Morgan fingerprint density at radius 3 is 2.49 bits per heavy atom. The number of nitrogens with zero attached hydrogens (tertiary/aromatic N) is 2. The third-order valence-corrected chi connectivity index (χ3v) is 9.11. The molecule has 1 saturated heterocycles. The number of benzene rings is 2. The summed E-state index contributed by atoms with van der Waals surface area (Å²) in [5.74, 6) is 4.31. The number of piperidine rings is 1. The van der Waals surface area contributed by atoms with Gasteiger partial charge in [-0.05, 0) is 79.3 Å². The summed E-state index contributed by atoms with van der Waals surface area (Å²) < 4.78 is 17.5. The van der Waals surface area contributed by atoms with Crippen molar-refractivity contribution in [2.24, 2.45) is 11.8 Å². The predicted octanol–water partition coefficient (Wildman–Crippen LogP) is 6.26. The van der Waals surface area contributed by atoms with Crippen molar-refractivity contribution >= 4 is 17.5 Å². The van der Waals surface area contributed by atoms with Crippen LogP contribution in [0.2, 0.25) is 0 Å². The van der Waals surface area contributed by atoms with Gasteiger partial charge >= 0.3 is 0 Å². The van der Waals surface area contributed by atoms with E-state index in [2.05, 4.69) is 47.1 Å². The molecular weight excluding hydrogens is 436 g/mol. The maximum Gasteiger partial charge on any atom is 0.231 e. The lowest BCUT2D eigenvalue weighted by atomic mass is 9.79. The molecule has 7 rings (SSSR count). The Morgan fingerprint density at radius 2 is 1.71 bits per heavy atom. The zero-order valence-corrected chi connectivity index (χ0v) is 21.0. The van der Waals surface area contributed by atoms with Crippen LogP contribution in [0.1, 0.15) is 73.7 Å². The lowest BCUT2D eigenvalue weighted by Crippen LogP contribution is -2.41. The number of rotatable bonds is 3. The Balaban J connectivity index is 1.41. The summed E-state index contributed by atoms with van der Waals surface area (Å²) in [6, 6.07) is 9.34. The highest BCUT2D eigenvalue weighted by atomic mass is 16.7. The molecule has 35 heavy (non-hydrogen) atoms. The van der Waals surface area contributed by atoms with Crippen LogP contribution in [-0.4, -0.2) is 38.4 Å². The molecule has 2 aromatic carbocycles. The number of ether oxygens (including phenoxy) is 3. The number of methoxy groups -OCH3 is 1. The van der Waals surface area contributed by atoms with E-state index in [0.717, 1.165) is 49.2 Å². The molecule has 1 unspecified atom stereocenters. The number of anilines is 1. The van der Waals surface area contributed by atoms with Gasteiger partial charge in [-0.1, -0.05) is 25.8 Å². The van der Waals surface area contributed by atoms with Crippen LogP contribution < -0.4 is 19.1 Å². The van der Waals surface area contributed by atoms with Gasteiger partial charge in [0.25, 0.3) is 0 Å². The highest BCUT2D eigenvalue weighted by Gasteiger charge is 2.41. The van der Waals surface area contributed by atoms with E-state index >= 15 is 0 Å². The summed E-state index contributed by atoms with van der Waals surface area (Å²) in [6.45, 7) is 6.00.